The fourth-order valence-electron chi connectivity index (χ4n) is 3.38. The molecule has 1 unspecified atom stereocenters. The van der Waals surface area contributed by atoms with Crippen molar-refractivity contribution in [3.8, 4) is 0 Å². The highest BCUT2D eigenvalue weighted by Crippen LogP contribution is 2.15. The molecule has 27 heavy (non-hydrogen) atoms. The monoisotopic (exact) mass is 367 g/mol. The van der Waals surface area contributed by atoms with Crippen LogP contribution >= 0.6 is 0 Å². The number of carbonyl (C=O) groups is 1. The first-order valence-corrected chi connectivity index (χ1v) is 9.60. The van der Waals surface area contributed by atoms with E-state index >= 15 is 0 Å². The van der Waals surface area contributed by atoms with Gasteiger partial charge in [-0.2, -0.15) is 0 Å². The van der Waals surface area contributed by atoms with Gasteiger partial charge >= 0.3 is 6.03 Å². The number of hydrogen-bond donors (Lipinski definition) is 1. The van der Waals surface area contributed by atoms with Crippen LogP contribution in [0.4, 0.5) is 10.5 Å². The number of ether oxygens (including phenoxy) is 1. The van der Waals surface area contributed by atoms with E-state index in [0.717, 1.165) is 49.7 Å². The van der Waals surface area contributed by atoms with Crippen molar-refractivity contribution in [3.63, 3.8) is 0 Å². The summed E-state index contributed by atoms with van der Waals surface area (Å²) in [6.45, 7) is 8.95. The van der Waals surface area contributed by atoms with Gasteiger partial charge in [0, 0.05) is 37.9 Å². The number of amides is 2. The highest BCUT2D eigenvalue weighted by Gasteiger charge is 2.23. The molecular weight excluding hydrogens is 338 g/mol. The van der Waals surface area contributed by atoms with E-state index < -0.39 is 0 Å². The molecule has 5 nitrogen and oxygen atoms in total. The Bertz CT molecular complexity index is 729. The van der Waals surface area contributed by atoms with E-state index in [-0.39, 0.29) is 12.1 Å². The fourth-order valence-corrected chi connectivity index (χ4v) is 3.38. The van der Waals surface area contributed by atoms with E-state index in [1.807, 2.05) is 54.3 Å². The molecule has 1 saturated heterocycles. The average Bonchev–Trinajstić information content (AvgIpc) is 2.67. The summed E-state index contributed by atoms with van der Waals surface area (Å²) in [6, 6.07) is 18.1. The Balaban J connectivity index is 1.72. The maximum Gasteiger partial charge on any atom is 0.322 e. The summed E-state index contributed by atoms with van der Waals surface area (Å²) in [5.74, 6) is 0. The third-order valence-corrected chi connectivity index (χ3v) is 4.88. The lowest BCUT2D eigenvalue weighted by Gasteiger charge is -2.35. The third kappa shape index (κ3) is 5.81. The Morgan fingerprint density at radius 1 is 1.15 bits per heavy atom. The van der Waals surface area contributed by atoms with Gasteiger partial charge in [0.2, 0.25) is 0 Å². The molecule has 144 valence electrons. The molecule has 2 aromatic rings. The van der Waals surface area contributed by atoms with Gasteiger partial charge < -0.3 is 15.0 Å². The second-order valence-corrected chi connectivity index (χ2v) is 7.18. The summed E-state index contributed by atoms with van der Waals surface area (Å²) in [7, 11) is 0. The summed E-state index contributed by atoms with van der Waals surface area (Å²) in [5, 5.41) is 3.07. The van der Waals surface area contributed by atoms with Crippen molar-refractivity contribution in [2.75, 3.05) is 38.2 Å². The van der Waals surface area contributed by atoms with Crippen molar-refractivity contribution < 1.29 is 9.53 Å². The minimum Gasteiger partial charge on any atom is -0.379 e. The molecule has 2 amide bonds. The van der Waals surface area contributed by atoms with Gasteiger partial charge in [-0.05, 0) is 37.1 Å². The average molecular weight is 367 g/mol. The van der Waals surface area contributed by atoms with Crippen LogP contribution in [0.25, 0.3) is 0 Å². The molecule has 0 bridgehead atoms. The maximum absolute atomic E-state index is 13.1. The summed E-state index contributed by atoms with van der Waals surface area (Å²) in [6.07, 6.45) is 0. The molecule has 5 heteroatoms. The number of benzene rings is 2. The molecule has 0 aliphatic carbocycles. The first kappa shape index (κ1) is 19.4. The highest BCUT2D eigenvalue weighted by molar-refractivity contribution is 5.89. The molecule has 1 aliphatic heterocycles. The maximum atomic E-state index is 13.1. The number of urea groups is 1. The molecule has 1 aliphatic rings. The lowest BCUT2D eigenvalue weighted by molar-refractivity contribution is 0.0277. The quantitative estimate of drug-likeness (QED) is 0.846. The second kappa shape index (κ2) is 9.53. The van der Waals surface area contributed by atoms with Gasteiger partial charge in [-0.25, -0.2) is 4.79 Å². The summed E-state index contributed by atoms with van der Waals surface area (Å²) >= 11 is 0. The summed E-state index contributed by atoms with van der Waals surface area (Å²) in [5.41, 5.74) is 3.09. The smallest absolute Gasteiger partial charge is 0.322 e. The zero-order valence-electron chi connectivity index (χ0n) is 16.2. The first-order valence-electron chi connectivity index (χ1n) is 9.60. The minimum atomic E-state index is -0.0646. The van der Waals surface area contributed by atoms with Crippen LogP contribution < -0.4 is 5.32 Å². The number of nitrogens with zero attached hydrogens (tertiary/aromatic N) is 2. The zero-order chi connectivity index (χ0) is 19.1. The van der Waals surface area contributed by atoms with E-state index in [0.29, 0.717) is 6.54 Å². The Labute approximate surface area is 161 Å². The van der Waals surface area contributed by atoms with E-state index in [9.17, 15) is 4.79 Å². The van der Waals surface area contributed by atoms with Crippen LogP contribution in [0, 0.1) is 6.92 Å². The van der Waals surface area contributed by atoms with Crippen LogP contribution in [0.2, 0.25) is 0 Å². The first-order chi connectivity index (χ1) is 13.1. The number of rotatable bonds is 6. The fraction of sp³-hybridized carbons (Fsp3) is 0.409. The van der Waals surface area contributed by atoms with Gasteiger partial charge in [-0.15, -0.1) is 0 Å². The van der Waals surface area contributed by atoms with Crippen LogP contribution in [0.3, 0.4) is 0 Å². The van der Waals surface area contributed by atoms with Crippen molar-refractivity contribution in [3.05, 3.63) is 65.7 Å². The zero-order valence-corrected chi connectivity index (χ0v) is 16.2. The van der Waals surface area contributed by atoms with Gasteiger partial charge in [0.25, 0.3) is 0 Å². The van der Waals surface area contributed by atoms with E-state index in [1.54, 1.807) is 0 Å². The molecule has 1 atom stereocenters. The number of hydrogen-bond acceptors (Lipinski definition) is 3. The SMILES string of the molecule is Cc1cccc(NC(=O)N(Cc2ccccc2)C(C)CN2CCOCC2)c1. The lowest BCUT2D eigenvalue weighted by atomic mass is 10.1. The molecule has 1 fully saturated rings. The van der Waals surface area contributed by atoms with Crippen LogP contribution in [0.5, 0.6) is 0 Å². The Morgan fingerprint density at radius 2 is 1.89 bits per heavy atom. The van der Waals surface area contributed by atoms with Gasteiger partial charge in [0.15, 0.2) is 0 Å². The van der Waals surface area contributed by atoms with Crippen molar-refractivity contribution >= 4 is 11.7 Å². The van der Waals surface area contributed by atoms with Gasteiger partial charge in [0.05, 0.1) is 13.2 Å². The van der Waals surface area contributed by atoms with E-state index in [1.165, 1.54) is 0 Å². The third-order valence-electron chi connectivity index (χ3n) is 4.88. The molecule has 1 heterocycles. The van der Waals surface area contributed by atoms with Crippen LogP contribution in [0.15, 0.2) is 54.6 Å². The van der Waals surface area contributed by atoms with Crippen molar-refractivity contribution in [1.29, 1.82) is 0 Å². The van der Waals surface area contributed by atoms with Gasteiger partial charge in [-0.1, -0.05) is 42.5 Å². The summed E-state index contributed by atoms with van der Waals surface area (Å²) in [4.78, 5) is 17.4. The van der Waals surface area contributed by atoms with Gasteiger partial charge in [0.1, 0.15) is 0 Å². The standard InChI is InChI=1S/C22H29N3O2/c1-18-7-6-10-21(15-18)23-22(26)25(17-20-8-4-3-5-9-20)19(2)16-24-11-13-27-14-12-24/h3-10,15,19H,11-14,16-17H2,1-2H3,(H,23,26). The second-order valence-electron chi connectivity index (χ2n) is 7.18. The Morgan fingerprint density at radius 3 is 2.59 bits per heavy atom. The van der Waals surface area contributed by atoms with Crippen molar-refractivity contribution in [2.45, 2.75) is 26.4 Å². The predicted octanol–water partition coefficient (Wildman–Crippen LogP) is 3.75. The van der Waals surface area contributed by atoms with Crippen LogP contribution in [-0.4, -0.2) is 54.7 Å². The largest absolute Gasteiger partial charge is 0.379 e. The van der Waals surface area contributed by atoms with Gasteiger partial charge in [-0.3, -0.25) is 4.90 Å². The molecule has 0 spiro atoms. The molecule has 0 saturated carbocycles. The molecule has 0 aromatic heterocycles. The van der Waals surface area contributed by atoms with Crippen molar-refractivity contribution in [2.24, 2.45) is 0 Å². The number of morpholine rings is 1. The molecule has 1 N–H and O–H groups in total. The van der Waals surface area contributed by atoms with Crippen LogP contribution in [-0.2, 0) is 11.3 Å². The number of anilines is 1. The minimum absolute atomic E-state index is 0.0646. The van der Waals surface area contributed by atoms with Crippen molar-refractivity contribution in [1.82, 2.24) is 9.80 Å². The van der Waals surface area contributed by atoms with Crippen LogP contribution in [0.1, 0.15) is 18.1 Å². The van der Waals surface area contributed by atoms with E-state index in [2.05, 4.69) is 29.3 Å². The predicted molar refractivity (Wildman–Crippen MR) is 109 cm³/mol. The normalized spacial score (nSPS) is 15.9. The Hall–Kier alpha value is -2.37. The van der Waals surface area contributed by atoms with E-state index in [4.69, 9.17) is 4.74 Å². The number of aryl methyl sites for hydroxylation is 1. The molecule has 2 aromatic carbocycles. The Kier molecular flexibility index (Phi) is 6.85. The topological polar surface area (TPSA) is 44.8 Å². The highest BCUT2D eigenvalue weighted by atomic mass is 16.5. The lowest BCUT2D eigenvalue weighted by Crippen LogP contribution is -2.49. The number of carbonyl (C=O) groups excluding carboxylic acids is 1. The molecule has 3 rings (SSSR count). The molecule has 0 radical (unpaired) electrons. The summed E-state index contributed by atoms with van der Waals surface area (Å²) < 4.78 is 5.44. The molecular formula is C22H29N3O2. The number of nitrogens with one attached hydrogen (secondary N) is 1.